The molecule has 1 aromatic carbocycles. The van der Waals surface area contributed by atoms with Crippen molar-refractivity contribution in [2.75, 3.05) is 6.54 Å². The van der Waals surface area contributed by atoms with E-state index in [0.29, 0.717) is 0 Å². The molecular formula is C19H30N2O3. The minimum Gasteiger partial charge on any atom is -0.481 e. The van der Waals surface area contributed by atoms with Gasteiger partial charge in [0.2, 0.25) is 5.91 Å². The number of carboxylic acid groups (broad SMARTS) is 1. The van der Waals surface area contributed by atoms with Crippen molar-refractivity contribution < 1.29 is 14.7 Å². The van der Waals surface area contributed by atoms with Gasteiger partial charge < -0.3 is 16.2 Å². The predicted octanol–water partition coefficient (Wildman–Crippen LogP) is 2.87. The molecule has 0 bridgehead atoms. The summed E-state index contributed by atoms with van der Waals surface area (Å²) >= 11 is 0. The average Bonchev–Trinajstić information content (AvgIpc) is 2.43. The zero-order valence-corrected chi connectivity index (χ0v) is 15.6. The molecule has 0 aliphatic rings. The molecule has 0 fully saturated rings. The molecule has 1 unspecified atom stereocenters. The van der Waals surface area contributed by atoms with Gasteiger partial charge in [-0.1, -0.05) is 59.7 Å². The second-order valence-electron chi connectivity index (χ2n) is 8.27. The third-order valence-electron chi connectivity index (χ3n) is 3.99. The minimum absolute atomic E-state index is 0.0817. The molecule has 5 heteroatoms. The van der Waals surface area contributed by atoms with Gasteiger partial charge in [-0.05, 0) is 27.5 Å². The third kappa shape index (κ3) is 5.64. The van der Waals surface area contributed by atoms with E-state index in [1.807, 2.05) is 12.1 Å². The van der Waals surface area contributed by atoms with E-state index in [-0.39, 0.29) is 29.7 Å². The van der Waals surface area contributed by atoms with Gasteiger partial charge >= 0.3 is 5.97 Å². The molecule has 0 heterocycles. The molecule has 0 aliphatic heterocycles. The zero-order valence-electron chi connectivity index (χ0n) is 15.6. The number of nitrogens with two attached hydrogens (primary N) is 1. The summed E-state index contributed by atoms with van der Waals surface area (Å²) in [5.74, 6) is -1.32. The average molecular weight is 334 g/mol. The van der Waals surface area contributed by atoms with Gasteiger partial charge in [0.1, 0.15) is 0 Å². The van der Waals surface area contributed by atoms with Gasteiger partial charge in [0.15, 0.2) is 0 Å². The largest absolute Gasteiger partial charge is 0.481 e. The Morgan fingerprint density at radius 1 is 1.04 bits per heavy atom. The van der Waals surface area contributed by atoms with Gasteiger partial charge in [-0.25, -0.2) is 0 Å². The molecule has 0 aliphatic carbocycles. The van der Waals surface area contributed by atoms with Crippen LogP contribution in [-0.2, 0) is 20.4 Å². The summed E-state index contributed by atoms with van der Waals surface area (Å²) in [6, 6.07) is 5.53. The maximum atomic E-state index is 11.7. The van der Waals surface area contributed by atoms with Crippen LogP contribution >= 0.6 is 0 Å². The van der Waals surface area contributed by atoms with Crippen molar-refractivity contribution in [3.8, 4) is 0 Å². The predicted molar refractivity (Wildman–Crippen MR) is 96.0 cm³/mol. The fourth-order valence-electron chi connectivity index (χ4n) is 2.40. The lowest BCUT2D eigenvalue weighted by Gasteiger charge is -2.28. The summed E-state index contributed by atoms with van der Waals surface area (Å²) in [5.41, 5.74) is 8.23. The number of carboxylic acids is 1. The van der Waals surface area contributed by atoms with Crippen molar-refractivity contribution >= 4 is 11.9 Å². The molecule has 0 spiro atoms. The second-order valence-corrected chi connectivity index (χ2v) is 8.27. The molecule has 1 atom stereocenters. The van der Waals surface area contributed by atoms with Gasteiger partial charge in [-0.3, -0.25) is 9.59 Å². The third-order valence-corrected chi connectivity index (χ3v) is 3.99. The fourth-order valence-corrected chi connectivity index (χ4v) is 2.40. The molecule has 0 aromatic heterocycles. The molecule has 1 amide bonds. The number of hydrogen-bond acceptors (Lipinski definition) is 3. The Labute approximate surface area is 144 Å². The Morgan fingerprint density at radius 3 is 1.83 bits per heavy atom. The van der Waals surface area contributed by atoms with Gasteiger partial charge in [-0.2, -0.15) is 0 Å². The number of aliphatic carboxylic acids is 1. The first-order chi connectivity index (χ1) is 10.8. The van der Waals surface area contributed by atoms with Crippen LogP contribution in [0, 0.1) is 0 Å². The molecule has 134 valence electrons. The van der Waals surface area contributed by atoms with Crippen molar-refractivity contribution in [1.29, 1.82) is 0 Å². The Kier molecular flexibility index (Phi) is 6.17. The van der Waals surface area contributed by atoms with Crippen LogP contribution in [0.1, 0.15) is 70.7 Å². The summed E-state index contributed by atoms with van der Waals surface area (Å²) in [4.78, 5) is 22.9. The zero-order chi connectivity index (χ0) is 18.7. The van der Waals surface area contributed by atoms with Crippen LogP contribution in [0.3, 0.4) is 0 Å². The van der Waals surface area contributed by atoms with Crippen LogP contribution in [0.4, 0.5) is 0 Å². The Bertz CT molecular complexity index is 578. The second kappa shape index (κ2) is 7.34. The van der Waals surface area contributed by atoms with E-state index in [1.165, 1.54) is 0 Å². The summed E-state index contributed by atoms with van der Waals surface area (Å²) < 4.78 is 0. The van der Waals surface area contributed by atoms with Crippen molar-refractivity contribution in [1.82, 2.24) is 5.32 Å². The van der Waals surface area contributed by atoms with Crippen LogP contribution in [0.15, 0.2) is 18.2 Å². The Hall–Kier alpha value is -1.88. The van der Waals surface area contributed by atoms with Gasteiger partial charge in [-0.15, -0.1) is 0 Å². The van der Waals surface area contributed by atoms with Crippen LogP contribution in [0.25, 0.3) is 0 Å². The maximum Gasteiger partial charge on any atom is 0.305 e. The topological polar surface area (TPSA) is 92.4 Å². The Balaban J connectivity index is 3.45. The maximum absolute atomic E-state index is 11.7. The number of nitrogens with one attached hydrogen (secondary N) is 1. The van der Waals surface area contributed by atoms with Crippen molar-refractivity contribution in [3.05, 3.63) is 34.9 Å². The van der Waals surface area contributed by atoms with Gasteiger partial charge in [0, 0.05) is 0 Å². The number of benzene rings is 1. The lowest BCUT2D eigenvalue weighted by molar-refractivity contribution is -0.137. The molecular weight excluding hydrogens is 304 g/mol. The first-order valence-corrected chi connectivity index (χ1v) is 8.21. The molecule has 1 aromatic rings. The SMILES string of the molecule is CC(C)(C)c1cc(C(CC(=O)O)NC(=O)CN)cc(C(C)(C)C)c1. The summed E-state index contributed by atoms with van der Waals surface area (Å²) in [5, 5.41) is 11.9. The van der Waals surface area contributed by atoms with Crippen LogP contribution < -0.4 is 11.1 Å². The van der Waals surface area contributed by atoms with Crippen molar-refractivity contribution in [3.63, 3.8) is 0 Å². The summed E-state index contributed by atoms with van der Waals surface area (Å²) in [7, 11) is 0. The molecule has 24 heavy (non-hydrogen) atoms. The van der Waals surface area contributed by atoms with E-state index in [0.717, 1.165) is 16.7 Å². The highest BCUT2D eigenvalue weighted by Crippen LogP contribution is 2.32. The van der Waals surface area contributed by atoms with E-state index in [9.17, 15) is 14.7 Å². The van der Waals surface area contributed by atoms with Gasteiger partial charge in [0.05, 0.1) is 19.0 Å². The van der Waals surface area contributed by atoms with Crippen LogP contribution in [0.5, 0.6) is 0 Å². The fraction of sp³-hybridized carbons (Fsp3) is 0.579. The minimum atomic E-state index is -0.962. The number of amides is 1. The standard InChI is InChI=1S/C19H30N2O3/c1-18(2,3)13-7-12(8-14(9-13)19(4,5)6)15(10-17(23)24)21-16(22)11-20/h7-9,15H,10-11,20H2,1-6H3,(H,21,22)(H,23,24). The molecule has 0 radical (unpaired) electrons. The van der Waals surface area contributed by atoms with Gasteiger partial charge in [0.25, 0.3) is 0 Å². The molecule has 4 N–H and O–H groups in total. The Morgan fingerprint density at radius 2 is 1.50 bits per heavy atom. The smallest absolute Gasteiger partial charge is 0.305 e. The molecule has 0 saturated heterocycles. The highest BCUT2D eigenvalue weighted by Gasteiger charge is 2.24. The summed E-state index contributed by atoms with van der Waals surface area (Å²) in [6.07, 6.45) is -0.178. The van der Waals surface area contributed by atoms with Crippen LogP contribution in [0.2, 0.25) is 0 Å². The number of rotatable bonds is 5. The van der Waals surface area contributed by atoms with E-state index < -0.39 is 12.0 Å². The normalized spacial score (nSPS) is 13.5. The number of hydrogen-bond donors (Lipinski definition) is 3. The highest BCUT2D eigenvalue weighted by atomic mass is 16.4. The van der Waals surface area contributed by atoms with E-state index in [2.05, 4.69) is 52.9 Å². The van der Waals surface area contributed by atoms with E-state index in [1.54, 1.807) is 0 Å². The van der Waals surface area contributed by atoms with Crippen molar-refractivity contribution in [2.24, 2.45) is 5.73 Å². The van der Waals surface area contributed by atoms with Crippen LogP contribution in [-0.4, -0.2) is 23.5 Å². The quantitative estimate of drug-likeness (QED) is 0.772. The number of carbonyl (C=O) groups excluding carboxylic acids is 1. The lowest BCUT2D eigenvalue weighted by atomic mass is 9.78. The summed E-state index contributed by atoms with van der Waals surface area (Å²) in [6.45, 7) is 12.5. The number of carbonyl (C=O) groups is 2. The highest BCUT2D eigenvalue weighted by molar-refractivity contribution is 5.79. The van der Waals surface area contributed by atoms with E-state index in [4.69, 9.17) is 5.73 Å². The molecule has 5 nitrogen and oxygen atoms in total. The van der Waals surface area contributed by atoms with Crippen molar-refractivity contribution in [2.45, 2.75) is 64.8 Å². The molecule has 0 saturated carbocycles. The lowest BCUT2D eigenvalue weighted by Crippen LogP contribution is -2.35. The molecule has 1 rings (SSSR count). The first-order valence-electron chi connectivity index (χ1n) is 8.21. The van der Waals surface area contributed by atoms with E-state index >= 15 is 0 Å². The monoisotopic (exact) mass is 334 g/mol. The first kappa shape index (κ1) is 20.2.